The molecule has 0 unspecified atom stereocenters. The number of hydrogen-bond donors (Lipinski definition) is 0. The average Bonchev–Trinajstić information content (AvgIpc) is 2.89. The summed E-state index contributed by atoms with van der Waals surface area (Å²) in [6.45, 7) is 0.127. The summed E-state index contributed by atoms with van der Waals surface area (Å²) in [5.74, 6) is 1.25. The third-order valence-corrected chi connectivity index (χ3v) is 6.99. The van der Waals surface area contributed by atoms with Crippen molar-refractivity contribution in [2.45, 2.75) is 44.6 Å². The van der Waals surface area contributed by atoms with Gasteiger partial charge in [0.2, 0.25) is 0 Å². The van der Waals surface area contributed by atoms with Gasteiger partial charge in [-0.1, -0.05) is 49.6 Å². The van der Waals surface area contributed by atoms with Crippen LogP contribution in [0.25, 0.3) is 10.9 Å². The number of fused-ring (bicyclic) bond motifs is 1. The van der Waals surface area contributed by atoms with Crippen molar-refractivity contribution in [3.05, 3.63) is 104 Å². The highest BCUT2D eigenvalue weighted by Crippen LogP contribution is 2.32. The first-order valence-electron chi connectivity index (χ1n) is 11.8. The summed E-state index contributed by atoms with van der Waals surface area (Å²) in [6, 6.07) is 19.5. The largest absolute Gasteiger partial charge is 0.488 e. The number of ether oxygens (including phenoxy) is 1. The second-order valence-electron chi connectivity index (χ2n) is 8.75. The lowest BCUT2D eigenvalue weighted by molar-refractivity contribution is 0.298. The van der Waals surface area contributed by atoms with E-state index in [2.05, 4.69) is 21.0 Å². The molecule has 0 saturated heterocycles. The highest BCUT2D eigenvalue weighted by atomic mass is 79.9. The van der Waals surface area contributed by atoms with Gasteiger partial charge in [0.05, 0.1) is 21.6 Å². The number of rotatable bonds is 6. The Labute approximate surface area is 211 Å². The van der Waals surface area contributed by atoms with Crippen LogP contribution in [0.15, 0.2) is 81.1 Å². The van der Waals surface area contributed by atoms with Crippen LogP contribution in [-0.4, -0.2) is 15.9 Å². The first-order chi connectivity index (χ1) is 17.1. The SMILES string of the molecule is O=c1c2ccccc2nc(C2CCCCC2)n1N=Cc1ccc(OCc2ccccc2F)c(Br)c1. The van der Waals surface area contributed by atoms with Crippen molar-refractivity contribution in [1.82, 2.24) is 9.66 Å². The van der Waals surface area contributed by atoms with Crippen molar-refractivity contribution in [2.75, 3.05) is 0 Å². The average molecular weight is 534 g/mol. The summed E-state index contributed by atoms with van der Waals surface area (Å²) >= 11 is 3.53. The fourth-order valence-electron chi connectivity index (χ4n) is 4.49. The van der Waals surface area contributed by atoms with Crippen LogP contribution < -0.4 is 10.3 Å². The number of para-hydroxylation sites is 1. The maximum absolute atomic E-state index is 13.9. The van der Waals surface area contributed by atoms with Crippen molar-refractivity contribution in [3.8, 4) is 5.75 Å². The standard InChI is InChI=1S/C28H25BrFN3O2/c29-23-16-19(14-15-26(23)35-18-21-10-4-6-12-24(21)30)17-31-33-27(20-8-2-1-3-9-20)32-25-13-7-5-11-22(25)28(33)34/h4-7,10-17,20H,1-3,8-9,18H2. The predicted octanol–water partition coefficient (Wildman–Crippen LogP) is 6.81. The molecule has 0 amide bonds. The maximum Gasteiger partial charge on any atom is 0.282 e. The van der Waals surface area contributed by atoms with Gasteiger partial charge >= 0.3 is 0 Å². The van der Waals surface area contributed by atoms with Crippen molar-refractivity contribution < 1.29 is 9.13 Å². The third kappa shape index (κ3) is 5.20. The van der Waals surface area contributed by atoms with E-state index in [0.717, 1.165) is 37.1 Å². The number of nitrogens with zero attached hydrogens (tertiary/aromatic N) is 3. The Hall–Kier alpha value is -3.32. The second-order valence-corrected chi connectivity index (χ2v) is 9.61. The Morgan fingerprint density at radius 1 is 1.06 bits per heavy atom. The molecule has 0 radical (unpaired) electrons. The van der Waals surface area contributed by atoms with Crippen LogP contribution in [-0.2, 0) is 6.61 Å². The number of halogens is 2. The Morgan fingerprint density at radius 2 is 1.83 bits per heavy atom. The van der Waals surface area contributed by atoms with Gasteiger partial charge in [0.1, 0.15) is 24.0 Å². The minimum Gasteiger partial charge on any atom is -0.488 e. The number of benzene rings is 3. The summed E-state index contributed by atoms with van der Waals surface area (Å²) in [4.78, 5) is 18.2. The van der Waals surface area contributed by atoms with Crippen LogP contribution in [0.5, 0.6) is 5.75 Å². The van der Waals surface area contributed by atoms with Crippen molar-refractivity contribution >= 4 is 33.0 Å². The molecule has 0 spiro atoms. The molecule has 0 aliphatic heterocycles. The molecule has 5 rings (SSSR count). The Balaban J connectivity index is 1.43. The van der Waals surface area contributed by atoms with Gasteiger partial charge in [0.25, 0.3) is 5.56 Å². The molecule has 5 nitrogen and oxygen atoms in total. The van der Waals surface area contributed by atoms with Gasteiger partial charge in [0.15, 0.2) is 0 Å². The van der Waals surface area contributed by atoms with Crippen LogP contribution in [0.4, 0.5) is 4.39 Å². The molecule has 0 atom stereocenters. The Kier molecular flexibility index (Phi) is 7.04. The van der Waals surface area contributed by atoms with Crippen LogP contribution in [0.1, 0.15) is 55.0 Å². The summed E-state index contributed by atoms with van der Waals surface area (Å²) in [7, 11) is 0. The molecule has 178 valence electrons. The molecular weight excluding hydrogens is 509 g/mol. The molecule has 4 aromatic rings. The summed E-state index contributed by atoms with van der Waals surface area (Å²) < 4.78 is 21.8. The molecule has 1 heterocycles. The molecule has 1 aliphatic rings. The van der Waals surface area contributed by atoms with Crippen LogP contribution in [0.3, 0.4) is 0 Å². The molecular formula is C28H25BrFN3O2. The Morgan fingerprint density at radius 3 is 2.63 bits per heavy atom. The number of aromatic nitrogens is 2. The molecule has 1 aliphatic carbocycles. The van der Waals surface area contributed by atoms with E-state index in [0.29, 0.717) is 26.7 Å². The zero-order chi connectivity index (χ0) is 24.2. The zero-order valence-corrected chi connectivity index (χ0v) is 20.7. The fourth-order valence-corrected chi connectivity index (χ4v) is 5.00. The monoisotopic (exact) mass is 533 g/mol. The molecule has 0 N–H and O–H groups in total. The molecule has 35 heavy (non-hydrogen) atoms. The first kappa shape index (κ1) is 23.4. The van der Waals surface area contributed by atoms with E-state index in [-0.39, 0.29) is 23.9 Å². The van der Waals surface area contributed by atoms with Gasteiger partial charge < -0.3 is 4.74 Å². The second kappa shape index (κ2) is 10.5. The van der Waals surface area contributed by atoms with Crippen molar-refractivity contribution in [3.63, 3.8) is 0 Å². The molecule has 7 heteroatoms. The molecule has 0 bridgehead atoms. The van der Waals surface area contributed by atoms with E-state index in [1.54, 1.807) is 36.5 Å². The van der Waals surface area contributed by atoms with E-state index in [4.69, 9.17) is 9.72 Å². The Bertz CT molecular complexity index is 1440. The lowest BCUT2D eigenvalue weighted by Crippen LogP contribution is -2.25. The predicted molar refractivity (Wildman–Crippen MR) is 140 cm³/mol. The summed E-state index contributed by atoms with van der Waals surface area (Å²) in [6.07, 6.45) is 7.18. The fraction of sp³-hybridized carbons (Fsp3) is 0.250. The van der Waals surface area contributed by atoms with Crippen LogP contribution in [0, 0.1) is 5.82 Å². The highest BCUT2D eigenvalue weighted by Gasteiger charge is 2.22. The van der Waals surface area contributed by atoms with E-state index >= 15 is 0 Å². The summed E-state index contributed by atoms with van der Waals surface area (Å²) in [5.41, 5.74) is 1.84. The first-order valence-corrected chi connectivity index (χ1v) is 12.6. The molecule has 1 aromatic heterocycles. The highest BCUT2D eigenvalue weighted by molar-refractivity contribution is 9.10. The maximum atomic E-state index is 13.9. The normalized spacial score (nSPS) is 14.6. The molecule has 3 aromatic carbocycles. The molecule has 1 fully saturated rings. The van der Waals surface area contributed by atoms with E-state index in [1.807, 2.05) is 30.3 Å². The van der Waals surface area contributed by atoms with E-state index in [9.17, 15) is 9.18 Å². The van der Waals surface area contributed by atoms with Gasteiger partial charge in [-0.3, -0.25) is 4.79 Å². The quantitative estimate of drug-likeness (QED) is 0.256. The van der Waals surface area contributed by atoms with Crippen molar-refractivity contribution in [1.29, 1.82) is 0 Å². The smallest absolute Gasteiger partial charge is 0.282 e. The minimum absolute atomic E-state index is 0.127. The zero-order valence-electron chi connectivity index (χ0n) is 19.2. The number of hydrogen-bond acceptors (Lipinski definition) is 4. The van der Waals surface area contributed by atoms with Gasteiger partial charge in [-0.05, 0) is 70.7 Å². The van der Waals surface area contributed by atoms with Gasteiger partial charge in [-0.2, -0.15) is 9.78 Å². The lowest BCUT2D eigenvalue weighted by Gasteiger charge is -2.22. The lowest BCUT2D eigenvalue weighted by atomic mass is 9.88. The van der Waals surface area contributed by atoms with E-state index in [1.165, 1.54) is 17.2 Å². The van der Waals surface area contributed by atoms with E-state index < -0.39 is 0 Å². The minimum atomic E-state index is -0.296. The topological polar surface area (TPSA) is 56.5 Å². The van der Waals surface area contributed by atoms with Gasteiger partial charge in [0, 0.05) is 11.5 Å². The van der Waals surface area contributed by atoms with Gasteiger partial charge in [-0.25, -0.2) is 9.37 Å². The molecule has 1 saturated carbocycles. The summed E-state index contributed by atoms with van der Waals surface area (Å²) in [5, 5.41) is 5.14. The van der Waals surface area contributed by atoms with Crippen LogP contribution in [0.2, 0.25) is 0 Å². The van der Waals surface area contributed by atoms with Gasteiger partial charge in [-0.15, -0.1) is 0 Å². The van der Waals surface area contributed by atoms with Crippen LogP contribution >= 0.6 is 15.9 Å². The van der Waals surface area contributed by atoms with Crippen molar-refractivity contribution in [2.24, 2.45) is 5.10 Å². The third-order valence-electron chi connectivity index (χ3n) is 6.37.